The maximum absolute atomic E-state index is 13.2. The highest BCUT2D eigenvalue weighted by atomic mass is 31.2. The quantitative estimate of drug-likeness (QED) is 0.0259. The van der Waals surface area contributed by atoms with Gasteiger partial charge < -0.3 is 14.0 Å². The van der Waals surface area contributed by atoms with Crippen molar-refractivity contribution in [2.75, 3.05) is 54.6 Å². The first kappa shape index (κ1) is 57.0. The summed E-state index contributed by atoms with van der Waals surface area (Å²) < 4.78 is 41.3. The highest BCUT2D eigenvalue weighted by Crippen LogP contribution is 2.48. The highest BCUT2D eigenvalue weighted by molar-refractivity contribution is 7.48. The number of hydrogen-bond acceptors (Lipinski definition) is 8. The number of ether oxygens (including phenoxy) is 2. The normalized spacial score (nSPS) is 14.0. The zero-order valence-corrected chi connectivity index (χ0v) is 40.4. The lowest BCUT2D eigenvalue weighted by molar-refractivity contribution is -0.870. The fourth-order valence-corrected chi connectivity index (χ4v) is 8.09. The van der Waals surface area contributed by atoms with Gasteiger partial charge in [0.05, 0.1) is 33.7 Å². The second-order valence-corrected chi connectivity index (χ2v) is 20.0. The Morgan fingerprint density at radius 2 is 0.914 bits per heavy atom. The lowest BCUT2D eigenvalue weighted by Gasteiger charge is -2.25. The standard InChI is InChI=1S/C48H97NO8P/c1-8-10-12-14-16-18-20-22-24-26-27-29-31-33-35-37-39-45(3)48(51)57-46(44-56-58(52,53-7)55-42-41-49(4,5)6)43-54-47(50)40-38-36-34-32-30-28-25-23-21-19-17-15-13-11-9-2/h45-46H,8-44H2,1-7H3/q+1/t45?,46-,58?/m1/s1. The molecule has 0 spiro atoms. The van der Waals surface area contributed by atoms with Crippen molar-refractivity contribution >= 4 is 19.8 Å². The molecule has 0 heterocycles. The summed E-state index contributed by atoms with van der Waals surface area (Å²) in [7, 11) is 3.40. The summed E-state index contributed by atoms with van der Waals surface area (Å²) in [6.07, 6.45) is 40.0. The molecule has 0 radical (unpaired) electrons. The molecule has 0 fully saturated rings. The van der Waals surface area contributed by atoms with Crippen molar-refractivity contribution in [2.24, 2.45) is 5.92 Å². The van der Waals surface area contributed by atoms with Crippen LogP contribution < -0.4 is 0 Å². The van der Waals surface area contributed by atoms with Crippen LogP contribution >= 0.6 is 7.82 Å². The molecule has 0 aliphatic carbocycles. The molecule has 346 valence electrons. The number of rotatable bonds is 45. The summed E-state index contributed by atoms with van der Waals surface area (Å²) in [4.78, 5) is 25.8. The molecular weight excluding hydrogens is 750 g/mol. The zero-order chi connectivity index (χ0) is 43.0. The lowest BCUT2D eigenvalue weighted by Crippen LogP contribution is -2.37. The van der Waals surface area contributed by atoms with E-state index >= 15 is 0 Å². The molecule has 0 rings (SSSR count). The van der Waals surface area contributed by atoms with E-state index in [-0.39, 0.29) is 37.7 Å². The number of hydrogen-bond donors (Lipinski definition) is 0. The van der Waals surface area contributed by atoms with Gasteiger partial charge in [0, 0.05) is 13.5 Å². The van der Waals surface area contributed by atoms with E-state index < -0.39 is 13.9 Å². The van der Waals surface area contributed by atoms with E-state index in [2.05, 4.69) is 13.8 Å². The number of nitrogens with zero attached hydrogens (tertiary/aromatic N) is 1. The van der Waals surface area contributed by atoms with E-state index in [1.807, 2.05) is 28.1 Å². The molecule has 58 heavy (non-hydrogen) atoms. The third-order valence-electron chi connectivity index (χ3n) is 11.2. The third-order valence-corrected chi connectivity index (χ3v) is 12.7. The van der Waals surface area contributed by atoms with Gasteiger partial charge in [-0.3, -0.25) is 23.2 Å². The summed E-state index contributed by atoms with van der Waals surface area (Å²) in [6.45, 7) is 6.76. The minimum Gasteiger partial charge on any atom is -0.462 e. The van der Waals surface area contributed by atoms with Crippen molar-refractivity contribution in [2.45, 2.75) is 239 Å². The van der Waals surface area contributed by atoms with E-state index in [9.17, 15) is 14.2 Å². The Balaban J connectivity index is 4.48. The van der Waals surface area contributed by atoms with Gasteiger partial charge in [-0.1, -0.05) is 213 Å². The van der Waals surface area contributed by atoms with E-state index in [0.29, 0.717) is 17.4 Å². The molecule has 0 aliphatic rings. The van der Waals surface area contributed by atoms with E-state index in [1.54, 1.807) is 0 Å². The van der Waals surface area contributed by atoms with Crippen molar-refractivity contribution < 1.29 is 41.7 Å². The van der Waals surface area contributed by atoms with Gasteiger partial charge in [-0.15, -0.1) is 0 Å². The zero-order valence-electron chi connectivity index (χ0n) is 39.5. The van der Waals surface area contributed by atoms with E-state index in [4.69, 9.17) is 23.0 Å². The molecule has 0 aromatic rings. The van der Waals surface area contributed by atoms with Gasteiger partial charge in [-0.2, -0.15) is 0 Å². The fraction of sp³-hybridized carbons (Fsp3) is 0.958. The Hall–Kier alpha value is -0.990. The lowest BCUT2D eigenvalue weighted by atomic mass is 10.0. The highest BCUT2D eigenvalue weighted by Gasteiger charge is 2.30. The Morgan fingerprint density at radius 1 is 0.534 bits per heavy atom. The van der Waals surface area contributed by atoms with Gasteiger partial charge in [0.15, 0.2) is 6.10 Å². The van der Waals surface area contributed by atoms with Gasteiger partial charge >= 0.3 is 19.8 Å². The van der Waals surface area contributed by atoms with E-state index in [1.165, 1.54) is 174 Å². The molecule has 0 saturated heterocycles. The van der Waals surface area contributed by atoms with Crippen molar-refractivity contribution in [1.29, 1.82) is 0 Å². The minimum absolute atomic E-state index is 0.169. The molecule has 2 unspecified atom stereocenters. The van der Waals surface area contributed by atoms with Crippen LogP contribution in [0.5, 0.6) is 0 Å². The van der Waals surface area contributed by atoms with Gasteiger partial charge in [-0.25, -0.2) is 4.57 Å². The van der Waals surface area contributed by atoms with Crippen molar-refractivity contribution in [3.63, 3.8) is 0 Å². The molecular formula is C48H97NO8P+. The number of carbonyl (C=O) groups is 2. The Kier molecular flexibility index (Phi) is 39.4. The number of phosphoric acid groups is 1. The van der Waals surface area contributed by atoms with Gasteiger partial charge in [-0.05, 0) is 12.8 Å². The van der Waals surface area contributed by atoms with Crippen LogP contribution in [-0.4, -0.2) is 77.1 Å². The minimum atomic E-state index is -3.89. The molecule has 10 heteroatoms. The molecule has 0 amide bonds. The number of likely N-dealkylation sites (N-methyl/N-ethyl adjacent to an activating group) is 1. The van der Waals surface area contributed by atoms with Crippen molar-refractivity contribution in [3.8, 4) is 0 Å². The second kappa shape index (κ2) is 40.1. The van der Waals surface area contributed by atoms with Crippen LogP contribution in [0.15, 0.2) is 0 Å². The van der Waals surface area contributed by atoms with Crippen LogP contribution in [0.4, 0.5) is 0 Å². The fourth-order valence-electron chi connectivity index (χ4n) is 7.16. The number of carbonyl (C=O) groups excluding carboxylic acids is 2. The maximum atomic E-state index is 13.2. The summed E-state index contributed by atoms with van der Waals surface area (Å²) in [5.41, 5.74) is 0. The molecule has 0 N–H and O–H groups in total. The second-order valence-electron chi connectivity index (χ2n) is 18.2. The molecule has 0 aromatic heterocycles. The van der Waals surface area contributed by atoms with Gasteiger partial charge in [0.1, 0.15) is 19.8 Å². The molecule has 9 nitrogen and oxygen atoms in total. The van der Waals surface area contributed by atoms with Crippen LogP contribution in [0.3, 0.4) is 0 Å². The Bertz CT molecular complexity index is 974. The van der Waals surface area contributed by atoms with Crippen LogP contribution in [0, 0.1) is 5.92 Å². The summed E-state index contributed by atoms with van der Waals surface area (Å²) in [5, 5.41) is 0. The number of unbranched alkanes of at least 4 members (excludes halogenated alkanes) is 29. The monoisotopic (exact) mass is 847 g/mol. The first-order valence-electron chi connectivity index (χ1n) is 24.6. The van der Waals surface area contributed by atoms with E-state index in [0.717, 1.165) is 38.5 Å². The Labute approximate surface area is 359 Å². The predicted molar refractivity (Wildman–Crippen MR) is 243 cm³/mol. The van der Waals surface area contributed by atoms with Gasteiger partial charge in [0.2, 0.25) is 0 Å². The molecule has 0 aliphatic heterocycles. The SMILES string of the molecule is CCCCCCCCCCCCCCCCCCC(C)C(=O)O[C@H](COC(=O)CCCCCCCCCCCCCCCCC)COP(=O)(OC)OCC[N+](C)(C)C. The average Bonchev–Trinajstić information content (AvgIpc) is 3.19. The number of phosphoric ester groups is 1. The van der Waals surface area contributed by atoms with Crippen molar-refractivity contribution in [1.82, 2.24) is 0 Å². The van der Waals surface area contributed by atoms with Crippen LogP contribution in [0.25, 0.3) is 0 Å². The average molecular weight is 847 g/mol. The summed E-state index contributed by atoms with van der Waals surface area (Å²) in [5.74, 6) is -1.00. The van der Waals surface area contributed by atoms with Crippen LogP contribution in [0.1, 0.15) is 233 Å². The first-order chi connectivity index (χ1) is 28.0. The first-order valence-corrected chi connectivity index (χ1v) is 26.0. The molecule has 0 bridgehead atoms. The molecule has 0 aromatic carbocycles. The number of quaternary nitrogens is 1. The smallest absolute Gasteiger partial charge is 0.462 e. The summed E-state index contributed by atoms with van der Waals surface area (Å²) >= 11 is 0. The third kappa shape index (κ3) is 39.2. The van der Waals surface area contributed by atoms with Gasteiger partial charge in [0.25, 0.3) is 0 Å². The largest absolute Gasteiger partial charge is 0.474 e. The number of esters is 2. The van der Waals surface area contributed by atoms with Crippen LogP contribution in [0.2, 0.25) is 0 Å². The molecule has 3 atom stereocenters. The molecule has 0 saturated carbocycles. The Morgan fingerprint density at radius 3 is 1.29 bits per heavy atom. The van der Waals surface area contributed by atoms with Crippen LogP contribution in [-0.2, 0) is 37.2 Å². The maximum Gasteiger partial charge on any atom is 0.474 e. The predicted octanol–water partition coefficient (Wildman–Crippen LogP) is 14.5. The summed E-state index contributed by atoms with van der Waals surface area (Å²) in [6, 6.07) is 0. The van der Waals surface area contributed by atoms with Crippen molar-refractivity contribution in [3.05, 3.63) is 0 Å². The topological polar surface area (TPSA) is 97.4 Å².